The number of hydrogen-bond acceptors (Lipinski definition) is 3. The molecule has 8 heteroatoms. The molecule has 1 atom stereocenters. The third kappa shape index (κ3) is 4.61. The lowest BCUT2D eigenvalue weighted by Gasteiger charge is -2.31. The molecule has 0 aromatic heterocycles. The van der Waals surface area contributed by atoms with Crippen LogP contribution in [-0.2, 0) is 4.79 Å². The summed E-state index contributed by atoms with van der Waals surface area (Å²) in [5, 5.41) is 0.356. The van der Waals surface area contributed by atoms with Crippen LogP contribution in [0.25, 0.3) is 5.70 Å². The van der Waals surface area contributed by atoms with E-state index in [9.17, 15) is 13.6 Å². The third-order valence-electron chi connectivity index (χ3n) is 3.22. The number of hydrogen-bond donors (Lipinski definition) is 0. The van der Waals surface area contributed by atoms with E-state index in [2.05, 4.69) is 15.9 Å². The topological polar surface area (TPSA) is 29.5 Å². The van der Waals surface area contributed by atoms with E-state index in [0.29, 0.717) is 34.4 Å². The summed E-state index contributed by atoms with van der Waals surface area (Å²) < 4.78 is 31.1. The summed E-state index contributed by atoms with van der Waals surface area (Å²) in [6.45, 7) is -0.659. The van der Waals surface area contributed by atoms with Gasteiger partial charge in [0.1, 0.15) is 11.7 Å². The third-order valence-corrected chi connectivity index (χ3v) is 4.66. The molecule has 2 rings (SSSR count). The number of carbonyl (C=O) groups excluding carboxylic acids is 1. The fourth-order valence-corrected chi connectivity index (χ4v) is 3.17. The van der Waals surface area contributed by atoms with Gasteiger partial charge in [-0.15, -0.1) is 11.8 Å². The molecule has 126 valence electrons. The van der Waals surface area contributed by atoms with Crippen molar-refractivity contribution in [2.45, 2.75) is 17.7 Å². The molecule has 0 aliphatic carbocycles. The van der Waals surface area contributed by atoms with E-state index >= 15 is 0 Å². The Balaban J connectivity index is 2.32. The molecule has 0 saturated heterocycles. The second kappa shape index (κ2) is 8.35. The van der Waals surface area contributed by atoms with E-state index in [1.807, 2.05) is 6.26 Å². The molecule has 23 heavy (non-hydrogen) atoms. The molecule has 0 spiro atoms. The van der Waals surface area contributed by atoms with Crippen molar-refractivity contribution in [3.05, 3.63) is 34.9 Å². The quantitative estimate of drug-likeness (QED) is 0.490. The Labute approximate surface area is 151 Å². The van der Waals surface area contributed by atoms with Crippen LogP contribution in [0.1, 0.15) is 12.0 Å². The number of allylic oxidation sites excluding steroid dienone is 1. The number of halogens is 4. The predicted molar refractivity (Wildman–Crippen MR) is 93.5 cm³/mol. The zero-order valence-corrected chi connectivity index (χ0v) is 15.4. The summed E-state index contributed by atoms with van der Waals surface area (Å²) in [7, 11) is 0. The maximum Gasteiger partial charge on any atom is 0.256 e. The van der Waals surface area contributed by atoms with Crippen LogP contribution >= 0.6 is 39.3 Å². The number of nitrogens with zero attached hydrogens (tertiary/aromatic N) is 1. The number of benzene rings is 1. The van der Waals surface area contributed by atoms with Gasteiger partial charge in [-0.1, -0.05) is 33.6 Å². The highest BCUT2D eigenvalue weighted by Gasteiger charge is 2.32. The van der Waals surface area contributed by atoms with Crippen LogP contribution in [0.3, 0.4) is 0 Å². The smallest absolute Gasteiger partial charge is 0.256 e. The monoisotopic (exact) mass is 425 g/mol. The second-order valence-corrected chi connectivity index (χ2v) is 7.15. The molecule has 0 saturated carbocycles. The molecule has 1 aromatic carbocycles. The minimum Gasteiger partial charge on any atom is -0.483 e. The van der Waals surface area contributed by atoms with E-state index in [-0.39, 0.29) is 5.91 Å². The Morgan fingerprint density at radius 3 is 2.87 bits per heavy atom. The van der Waals surface area contributed by atoms with Gasteiger partial charge in [0.25, 0.3) is 6.43 Å². The van der Waals surface area contributed by atoms with Crippen LogP contribution in [0.4, 0.5) is 8.78 Å². The minimum atomic E-state index is -2.62. The van der Waals surface area contributed by atoms with Crippen molar-refractivity contribution < 1.29 is 18.3 Å². The minimum absolute atomic E-state index is 0.356. The summed E-state index contributed by atoms with van der Waals surface area (Å²) in [5.41, 5.74) is 0.948. The number of ether oxygens (including phenoxy) is 1. The van der Waals surface area contributed by atoms with Gasteiger partial charge in [-0.3, -0.25) is 4.79 Å². The normalized spacial score (nSPS) is 18.3. The van der Waals surface area contributed by atoms with Gasteiger partial charge in [-0.25, -0.2) is 8.78 Å². The van der Waals surface area contributed by atoms with Gasteiger partial charge in [0.05, 0.1) is 16.4 Å². The number of alkyl halides is 3. The average Bonchev–Trinajstić information content (AvgIpc) is 2.50. The lowest BCUT2D eigenvalue weighted by molar-refractivity contribution is -0.129. The van der Waals surface area contributed by atoms with Crippen molar-refractivity contribution in [1.82, 2.24) is 4.90 Å². The van der Waals surface area contributed by atoms with Crippen LogP contribution in [0.15, 0.2) is 24.3 Å². The van der Waals surface area contributed by atoms with Crippen molar-refractivity contribution in [2.24, 2.45) is 0 Å². The summed E-state index contributed by atoms with van der Waals surface area (Å²) in [6, 6.07) is 5.02. The molecule has 3 nitrogen and oxygen atoms in total. The maximum atomic E-state index is 12.8. The Morgan fingerprint density at radius 2 is 2.26 bits per heavy atom. The van der Waals surface area contributed by atoms with Gasteiger partial charge in [-0.2, -0.15) is 0 Å². The lowest BCUT2D eigenvalue weighted by atomic mass is 10.0. The number of carbonyl (C=O) groups is 1. The second-order valence-electron chi connectivity index (χ2n) is 4.83. The summed E-state index contributed by atoms with van der Waals surface area (Å²) in [6.07, 6.45) is 1.46. The first-order chi connectivity index (χ1) is 10.9. The zero-order chi connectivity index (χ0) is 17.0. The first-order valence-corrected chi connectivity index (χ1v) is 9.48. The van der Waals surface area contributed by atoms with Crippen LogP contribution in [0.2, 0.25) is 5.02 Å². The van der Waals surface area contributed by atoms with E-state index in [1.54, 1.807) is 24.3 Å². The maximum absolute atomic E-state index is 12.8. The number of rotatable bonds is 6. The highest BCUT2D eigenvalue weighted by Crippen LogP contribution is 2.34. The van der Waals surface area contributed by atoms with E-state index in [1.165, 1.54) is 11.8 Å². The Hall–Kier alpha value is -0.790. The van der Waals surface area contributed by atoms with Gasteiger partial charge in [0.15, 0.2) is 0 Å². The molecular weight excluding hydrogens is 412 g/mol. The molecule has 1 aliphatic heterocycles. The number of thioether (sulfide) groups is 1. The summed E-state index contributed by atoms with van der Waals surface area (Å²) in [5.74, 6) is 0.691. The molecule has 1 aliphatic rings. The van der Waals surface area contributed by atoms with E-state index < -0.39 is 17.8 Å². The molecule has 0 fully saturated rings. The van der Waals surface area contributed by atoms with Crippen molar-refractivity contribution in [3.63, 3.8) is 0 Å². The van der Waals surface area contributed by atoms with Crippen molar-refractivity contribution in [2.75, 3.05) is 18.7 Å². The van der Waals surface area contributed by atoms with Crippen LogP contribution in [0, 0.1) is 0 Å². The highest BCUT2D eigenvalue weighted by atomic mass is 79.9. The standard InChI is InChI=1S/C15H15BrClF2NO2S/c1-23-8-22-9-2-3-10(12(17)6-9)13-5-4-11(16)15(21)20(13)7-14(18)19/h2-3,5-6,11,14H,4,7-8H2,1H3. The van der Waals surface area contributed by atoms with Crippen LogP contribution in [0.5, 0.6) is 5.75 Å². The number of amides is 1. The SMILES string of the molecule is CSCOc1ccc(C2=CCC(Br)C(=O)N2CC(F)F)c(Cl)c1. The van der Waals surface area contributed by atoms with E-state index in [0.717, 1.165) is 4.90 Å². The summed E-state index contributed by atoms with van der Waals surface area (Å²) >= 11 is 11.0. The first kappa shape index (κ1) is 18.5. The Morgan fingerprint density at radius 1 is 1.52 bits per heavy atom. The first-order valence-electron chi connectivity index (χ1n) is 6.79. The van der Waals surface area contributed by atoms with E-state index in [4.69, 9.17) is 16.3 Å². The van der Waals surface area contributed by atoms with Crippen molar-refractivity contribution in [3.8, 4) is 5.75 Å². The Bertz CT molecular complexity index is 615. The molecule has 0 bridgehead atoms. The fraction of sp³-hybridized carbons (Fsp3) is 0.400. The van der Waals surface area contributed by atoms with Gasteiger partial charge in [0.2, 0.25) is 5.91 Å². The van der Waals surface area contributed by atoms with Gasteiger partial charge >= 0.3 is 0 Å². The van der Waals surface area contributed by atoms with Crippen molar-refractivity contribution in [1.29, 1.82) is 0 Å². The highest BCUT2D eigenvalue weighted by molar-refractivity contribution is 9.10. The van der Waals surface area contributed by atoms with Crippen LogP contribution in [-0.4, -0.2) is 40.8 Å². The molecule has 1 heterocycles. The van der Waals surface area contributed by atoms with Gasteiger partial charge in [0, 0.05) is 11.3 Å². The van der Waals surface area contributed by atoms with Gasteiger partial charge in [-0.05, 0) is 30.9 Å². The molecule has 1 amide bonds. The van der Waals surface area contributed by atoms with Crippen molar-refractivity contribution >= 4 is 50.9 Å². The van der Waals surface area contributed by atoms with Crippen LogP contribution < -0.4 is 4.74 Å². The zero-order valence-electron chi connectivity index (χ0n) is 12.3. The fourth-order valence-electron chi connectivity index (χ4n) is 2.22. The summed E-state index contributed by atoms with van der Waals surface area (Å²) in [4.78, 5) is 12.8. The lowest BCUT2D eigenvalue weighted by Crippen LogP contribution is -2.41. The van der Waals surface area contributed by atoms with Gasteiger partial charge < -0.3 is 9.64 Å². The molecule has 0 radical (unpaired) electrons. The Kier molecular flexibility index (Phi) is 6.73. The molecular formula is C15H15BrClF2NO2S. The molecule has 1 unspecified atom stereocenters. The predicted octanol–water partition coefficient (Wildman–Crippen LogP) is 4.64. The largest absolute Gasteiger partial charge is 0.483 e. The average molecular weight is 427 g/mol. The molecule has 0 N–H and O–H groups in total. The molecule has 1 aromatic rings.